The van der Waals surface area contributed by atoms with Gasteiger partial charge in [-0.05, 0) is 37.0 Å². The fraction of sp³-hybridized carbons (Fsp3) is 0.158. The van der Waals surface area contributed by atoms with Crippen molar-refractivity contribution in [2.24, 2.45) is 0 Å². The van der Waals surface area contributed by atoms with Crippen molar-refractivity contribution in [1.29, 1.82) is 0 Å². The highest BCUT2D eigenvalue weighted by atomic mass is 19.1. The summed E-state index contributed by atoms with van der Waals surface area (Å²) in [5, 5.41) is 60.2. The van der Waals surface area contributed by atoms with Crippen LogP contribution in [-0.2, 0) is 9.59 Å². The lowest BCUT2D eigenvalue weighted by Crippen LogP contribution is -2.17. The van der Waals surface area contributed by atoms with Gasteiger partial charge in [-0.1, -0.05) is 0 Å². The van der Waals surface area contributed by atoms with E-state index in [4.69, 9.17) is 5.11 Å². The van der Waals surface area contributed by atoms with Crippen LogP contribution in [0.3, 0.4) is 0 Å². The third-order valence-electron chi connectivity index (χ3n) is 4.58. The number of carboxylic acids is 1. The van der Waals surface area contributed by atoms with Gasteiger partial charge in [0.1, 0.15) is 17.2 Å². The van der Waals surface area contributed by atoms with Crippen molar-refractivity contribution < 1.29 is 44.6 Å². The number of carbonyl (C=O) groups excluding carboxylic acids is 1. The molecule has 0 aromatic heterocycles. The molecule has 0 atom stereocenters. The number of nitrogens with one attached hydrogen (secondary N) is 1. The molecular formula is C19H16FNO8. The maximum atomic E-state index is 14.6. The lowest BCUT2D eigenvalue weighted by atomic mass is 10.0. The highest BCUT2D eigenvalue weighted by Crippen LogP contribution is 2.49. The number of aromatic hydroxyl groups is 5. The molecule has 0 radical (unpaired) electrons. The Balaban J connectivity index is 2.00. The standard InChI is InChI=1S/C19H16FNO8/c20-10-4-7(14-11(22)6-13(24)16(25)17(14)26)5-12(23)15(10)21-18(27)8-2-1-3-9(8)19(28)29/h4-6,22-26H,1-3H2,(H,21,27)(H,28,29). The molecule has 2 aromatic carbocycles. The lowest BCUT2D eigenvalue weighted by molar-refractivity contribution is -0.133. The molecule has 2 aromatic rings. The number of carboxylic acid groups (broad SMARTS) is 1. The Morgan fingerprint density at radius 1 is 0.862 bits per heavy atom. The van der Waals surface area contributed by atoms with E-state index in [-0.39, 0.29) is 29.6 Å². The van der Waals surface area contributed by atoms with E-state index in [0.29, 0.717) is 6.42 Å². The van der Waals surface area contributed by atoms with Gasteiger partial charge < -0.3 is 36.0 Å². The van der Waals surface area contributed by atoms with E-state index in [1.54, 1.807) is 0 Å². The summed E-state index contributed by atoms with van der Waals surface area (Å²) in [6.45, 7) is 0. The van der Waals surface area contributed by atoms with E-state index < -0.39 is 57.7 Å². The first-order chi connectivity index (χ1) is 13.6. The fourth-order valence-corrected chi connectivity index (χ4v) is 3.20. The number of rotatable bonds is 4. The maximum Gasteiger partial charge on any atom is 0.332 e. The number of anilines is 1. The molecule has 0 heterocycles. The third-order valence-corrected chi connectivity index (χ3v) is 4.58. The van der Waals surface area contributed by atoms with Gasteiger partial charge in [0.15, 0.2) is 17.3 Å². The van der Waals surface area contributed by atoms with Gasteiger partial charge in [-0.3, -0.25) is 4.79 Å². The molecule has 10 heteroatoms. The van der Waals surface area contributed by atoms with Gasteiger partial charge in [0, 0.05) is 17.2 Å². The first-order valence-corrected chi connectivity index (χ1v) is 8.38. The summed E-state index contributed by atoms with van der Waals surface area (Å²) in [4.78, 5) is 23.5. The summed E-state index contributed by atoms with van der Waals surface area (Å²) >= 11 is 0. The Bertz CT molecular complexity index is 1050. The van der Waals surface area contributed by atoms with Crippen molar-refractivity contribution >= 4 is 17.6 Å². The zero-order valence-corrected chi connectivity index (χ0v) is 14.7. The number of phenolic OH excluding ortho intramolecular Hbond substituents is 5. The molecule has 1 aliphatic carbocycles. The predicted octanol–water partition coefficient (Wildman–Crippen LogP) is 2.52. The zero-order valence-electron chi connectivity index (χ0n) is 14.7. The van der Waals surface area contributed by atoms with Crippen molar-refractivity contribution in [1.82, 2.24) is 0 Å². The Labute approximate surface area is 162 Å². The monoisotopic (exact) mass is 405 g/mol. The van der Waals surface area contributed by atoms with E-state index in [0.717, 1.165) is 18.2 Å². The molecule has 1 aliphatic rings. The molecule has 3 rings (SSSR count). The van der Waals surface area contributed by atoms with Crippen molar-refractivity contribution in [3.63, 3.8) is 0 Å². The second kappa shape index (κ2) is 7.23. The number of hydrogen-bond acceptors (Lipinski definition) is 7. The zero-order chi connectivity index (χ0) is 21.5. The van der Waals surface area contributed by atoms with Gasteiger partial charge in [-0.25, -0.2) is 9.18 Å². The van der Waals surface area contributed by atoms with E-state index in [1.807, 2.05) is 0 Å². The largest absolute Gasteiger partial charge is 0.507 e. The molecule has 0 fully saturated rings. The van der Waals surface area contributed by atoms with Gasteiger partial charge >= 0.3 is 5.97 Å². The molecule has 0 saturated carbocycles. The first-order valence-electron chi connectivity index (χ1n) is 8.38. The average molecular weight is 405 g/mol. The topological polar surface area (TPSA) is 168 Å². The number of halogens is 1. The van der Waals surface area contributed by atoms with Crippen molar-refractivity contribution in [3.05, 3.63) is 35.2 Å². The molecule has 1 amide bonds. The molecule has 0 unspecified atom stereocenters. The lowest BCUT2D eigenvalue weighted by Gasteiger charge is -2.14. The van der Waals surface area contributed by atoms with Crippen LogP contribution in [0.15, 0.2) is 29.3 Å². The van der Waals surface area contributed by atoms with Crippen LogP contribution in [0.5, 0.6) is 28.7 Å². The van der Waals surface area contributed by atoms with Crippen molar-refractivity contribution in [2.75, 3.05) is 5.32 Å². The summed E-state index contributed by atoms with van der Waals surface area (Å²) < 4.78 is 14.6. The minimum atomic E-state index is -1.24. The molecule has 29 heavy (non-hydrogen) atoms. The number of amides is 1. The van der Waals surface area contributed by atoms with Crippen LogP contribution in [0.2, 0.25) is 0 Å². The van der Waals surface area contributed by atoms with Gasteiger partial charge in [0.2, 0.25) is 5.75 Å². The van der Waals surface area contributed by atoms with Crippen LogP contribution in [0.1, 0.15) is 19.3 Å². The minimum absolute atomic E-state index is 0.0147. The van der Waals surface area contributed by atoms with E-state index in [1.165, 1.54) is 0 Å². The van der Waals surface area contributed by atoms with E-state index >= 15 is 0 Å². The highest BCUT2D eigenvalue weighted by Gasteiger charge is 2.27. The van der Waals surface area contributed by atoms with Crippen molar-refractivity contribution in [2.45, 2.75) is 19.3 Å². The van der Waals surface area contributed by atoms with Crippen LogP contribution in [0, 0.1) is 5.82 Å². The second-order valence-corrected chi connectivity index (χ2v) is 6.41. The molecule has 9 nitrogen and oxygen atoms in total. The number of hydrogen-bond donors (Lipinski definition) is 7. The normalized spacial score (nSPS) is 13.6. The van der Waals surface area contributed by atoms with Crippen LogP contribution in [-0.4, -0.2) is 42.5 Å². The number of phenols is 5. The quantitative estimate of drug-likeness (QED) is 0.301. The van der Waals surface area contributed by atoms with Gasteiger partial charge in [-0.2, -0.15) is 0 Å². The molecule has 0 aliphatic heterocycles. The Kier molecular flexibility index (Phi) is 4.93. The smallest absolute Gasteiger partial charge is 0.332 e. The summed E-state index contributed by atoms with van der Waals surface area (Å²) in [6.07, 6.45) is 0.859. The summed E-state index contributed by atoms with van der Waals surface area (Å²) in [5.74, 6) is -7.43. The number of benzene rings is 2. The highest BCUT2D eigenvalue weighted by molar-refractivity contribution is 6.10. The Morgan fingerprint density at radius 3 is 2.14 bits per heavy atom. The predicted molar refractivity (Wildman–Crippen MR) is 97.3 cm³/mol. The maximum absolute atomic E-state index is 14.6. The average Bonchev–Trinajstić information content (AvgIpc) is 3.13. The molecular weight excluding hydrogens is 389 g/mol. The van der Waals surface area contributed by atoms with Crippen LogP contribution >= 0.6 is 0 Å². The molecule has 152 valence electrons. The first kappa shape index (κ1) is 19.8. The van der Waals surface area contributed by atoms with Gasteiger partial charge in [0.25, 0.3) is 5.91 Å². The van der Waals surface area contributed by atoms with Crippen LogP contribution in [0.25, 0.3) is 11.1 Å². The molecule has 0 saturated heterocycles. The van der Waals surface area contributed by atoms with Crippen LogP contribution < -0.4 is 5.32 Å². The second-order valence-electron chi connectivity index (χ2n) is 6.41. The fourth-order valence-electron chi connectivity index (χ4n) is 3.20. The van der Waals surface area contributed by atoms with Gasteiger partial charge in [0.05, 0.1) is 5.56 Å². The summed E-state index contributed by atoms with van der Waals surface area (Å²) in [7, 11) is 0. The summed E-state index contributed by atoms with van der Waals surface area (Å²) in [6, 6.07) is 2.39. The number of aliphatic carboxylic acids is 1. The SMILES string of the molecule is O=C(O)C1=C(C(=O)Nc2c(O)cc(-c3c(O)cc(O)c(O)c3O)cc2F)CCC1. The third kappa shape index (κ3) is 3.47. The Hall–Kier alpha value is -3.95. The Morgan fingerprint density at radius 2 is 1.52 bits per heavy atom. The van der Waals surface area contributed by atoms with Crippen molar-refractivity contribution in [3.8, 4) is 39.9 Å². The van der Waals surface area contributed by atoms with E-state index in [9.17, 15) is 39.5 Å². The van der Waals surface area contributed by atoms with Crippen LogP contribution in [0.4, 0.5) is 10.1 Å². The minimum Gasteiger partial charge on any atom is -0.507 e. The summed E-state index contributed by atoms with van der Waals surface area (Å²) in [5.41, 5.74) is -1.42. The molecule has 0 spiro atoms. The number of carbonyl (C=O) groups is 2. The molecule has 7 N–H and O–H groups in total. The van der Waals surface area contributed by atoms with E-state index in [2.05, 4.69) is 5.32 Å². The molecule has 0 bridgehead atoms. The van der Waals surface area contributed by atoms with Gasteiger partial charge in [-0.15, -0.1) is 0 Å².